The van der Waals surface area contributed by atoms with Gasteiger partial charge in [-0.3, -0.25) is 20.2 Å². The number of amides is 2. The molecule has 0 aliphatic carbocycles. The SMILES string of the molecule is Cc1ccccc1C(=O)Nc1nc(NC(=O)c2ccno2)n(-c2ccccc2)n1. The lowest BCUT2D eigenvalue weighted by Crippen LogP contribution is -2.15. The summed E-state index contributed by atoms with van der Waals surface area (Å²) in [5.41, 5.74) is 1.99. The van der Waals surface area contributed by atoms with Gasteiger partial charge in [-0.1, -0.05) is 41.6 Å². The van der Waals surface area contributed by atoms with Gasteiger partial charge in [0.25, 0.3) is 17.8 Å². The molecule has 9 heteroatoms. The predicted molar refractivity (Wildman–Crippen MR) is 105 cm³/mol. The number of carbonyl (C=O) groups excluding carboxylic acids is 2. The number of nitrogens with zero attached hydrogens (tertiary/aromatic N) is 4. The first-order chi connectivity index (χ1) is 14.1. The molecule has 2 N–H and O–H groups in total. The second-order valence-electron chi connectivity index (χ2n) is 6.11. The van der Waals surface area contributed by atoms with E-state index >= 15 is 0 Å². The summed E-state index contributed by atoms with van der Waals surface area (Å²) in [6.07, 6.45) is 1.37. The summed E-state index contributed by atoms with van der Waals surface area (Å²) in [7, 11) is 0. The Hall–Kier alpha value is -4.27. The number of hydrogen-bond donors (Lipinski definition) is 2. The van der Waals surface area contributed by atoms with Gasteiger partial charge in [-0.2, -0.15) is 9.67 Å². The van der Waals surface area contributed by atoms with Gasteiger partial charge in [0.05, 0.1) is 11.9 Å². The smallest absolute Gasteiger partial charge is 0.296 e. The topological polar surface area (TPSA) is 115 Å². The number of benzene rings is 2. The molecule has 4 rings (SSSR count). The van der Waals surface area contributed by atoms with Crippen molar-refractivity contribution in [2.75, 3.05) is 10.6 Å². The van der Waals surface area contributed by atoms with E-state index in [0.717, 1.165) is 5.56 Å². The maximum Gasteiger partial charge on any atom is 0.296 e. The van der Waals surface area contributed by atoms with E-state index in [4.69, 9.17) is 4.52 Å². The summed E-state index contributed by atoms with van der Waals surface area (Å²) in [4.78, 5) is 29.2. The van der Waals surface area contributed by atoms with Crippen molar-refractivity contribution < 1.29 is 14.1 Å². The number of aryl methyl sites for hydroxylation is 1. The number of hydrogen-bond acceptors (Lipinski definition) is 6. The van der Waals surface area contributed by atoms with Crippen LogP contribution in [0.2, 0.25) is 0 Å². The predicted octanol–water partition coefficient (Wildman–Crippen LogP) is 3.07. The molecule has 0 unspecified atom stereocenters. The molecule has 4 aromatic rings. The first-order valence-corrected chi connectivity index (χ1v) is 8.73. The zero-order valence-electron chi connectivity index (χ0n) is 15.4. The lowest BCUT2D eigenvalue weighted by molar-refractivity contribution is 0.0985. The van der Waals surface area contributed by atoms with Crippen molar-refractivity contribution in [2.45, 2.75) is 6.92 Å². The Balaban J connectivity index is 1.65. The molecular weight excluding hydrogens is 372 g/mol. The highest BCUT2D eigenvalue weighted by molar-refractivity contribution is 6.05. The Bertz CT molecular complexity index is 1150. The molecule has 0 aliphatic rings. The van der Waals surface area contributed by atoms with E-state index in [2.05, 4.69) is 25.9 Å². The van der Waals surface area contributed by atoms with E-state index in [9.17, 15) is 9.59 Å². The average Bonchev–Trinajstić information content (AvgIpc) is 3.39. The fraction of sp³-hybridized carbons (Fsp3) is 0.0500. The van der Waals surface area contributed by atoms with Crippen LogP contribution < -0.4 is 10.6 Å². The van der Waals surface area contributed by atoms with Crippen LogP contribution in [0.25, 0.3) is 5.69 Å². The fourth-order valence-corrected chi connectivity index (χ4v) is 2.69. The van der Waals surface area contributed by atoms with Crippen LogP contribution in [0.15, 0.2) is 71.4 Å². The summed E-state index contributed by atoms with van der Waals surface area (Å²) in [6, 6.07) is 17.7. The molecule has 0 radical (unpaired) electrons. The molecule has 144 valence electrons. The average molecular weight is 388 g/mol. The molecule has 0 aliphatic heterocycles. The Morgan fingerprint density at radius 3 is 2.41 bits per heavy atom. The highest BCUT2D eigenvalue weighted by Crippen LogP contribution is 2.18. The number of nitrogens with one attached hydrogen (secondary N) is 2. The van der Waals surface area contributed by atoms with Gasteiger partial charge < -0.3 is 4.52 Å². The normalized spacial score (nSPS) is 10.5. The molecule has 0 atom stereocenters. The summed E-state index contributed by atoms with van der Waals surface area (Å²) in [5.74, 6) is -0.684. The van der Waals surface area contributed by atoms with Crippen LogP contribution in [0.1, 0.15) is 26.5 Å². The Kier molecular flexibility index (Phi) is 4.85. The van der Waals surface area contributed by atoms with Gasteiger partial charge in [0.2, 0.25) is 11.7 Å². The first-order valence-electron chi connectivity index (χ1n) is 8.73. The van der Waals surface area contributed by atoms with Crippen LogP contribution in [0.4, 0.5) is 11.9 Å². The van der Waals surface area contributed by atoms with E-state index in [0.29, 0.717) is 11.3 Å². The van der Waals surface area contributed by atoms with E-state index in [-0.39, 0.29) is 23.6 Å². The van der Waals surface area contributed by atoms with Gasteiger partial charge in [-0.15, -0.1) is 5.10 Å². The molecule has 0 saturated heterocycles. The van der Waals surface area contributed by atoms with E-state index in [1.54, 1.807) is 24.3 Å². The highest BCUT2D eigenvalue weighted by atomic mass is 16.5. The summed E-state index contributed by atoms with van der Waals surface area (Å²) >= 11 is 0. The lowest BCUT2D eigenvalue weighted by Gasteiger charge is -2.05. The molecule has 29 heavy (non-hydrogen) atoms. The maximum absolute atomic E-state index is 12.6. The summed E-state index contributed by atoms with van der Waals surface area (Å²) in [5, 5.41) is 13.1. The van der Waals surface area contributed by atoms with Crippen molar-refractivity contribution in [2.24, 2.45) is 0 Å². The minimum absolute atomic E-state index is 0.0260. The highest BCUT2D eigenvalue weighted by Gasteiger charge is 2.19. The second-order valence-corrected chi connectivity index (χ2v) is 6.11. The van der Waals surface area contributed by atoms with Crippen molar-refractivity contribution in [3.8, 4) is 5.69 Å². The van der Waals surface area contributed by atoms with E-state index in [1.165, 1.54) is 16.9 Å². The molecular formula is C20H16N6O3. The Morgan fingerprint density at radius 2 is 1.69 bits per heavy atom. The molecule has 0 bridgehead atoms. The van der Waals surface area contributed by atoms with Crippen LogP contribution in [0.5, 0.6) is 0 Å². The number of para-hydroxylation sites is 1. The molecule has 0 fully saturated rings. The van der Waals surface area contributed by atoms with E-state index < -0.39 is 5.91 Å². The molecule has 2 heterocycles. The Morgan fingerprint density at radius 1 is 0.931 bits per heavy atom. The largest absolute Gasteiger partial charge is 0.351 e. The third-order valence-corrected chi connectivity index (χ3v) is 4.11. The van der Waals surface area contributed by atoms with Crippen molar-refractivity contribution in [3.63, 3.8) is 0 Å². The molecule has 2 amide bonds. The summed E-state index contributed by atoms with van der Waals surface area (Å²) in [6.45, 7) is 1.84. The van der Waals surface area contributed by atoms with E-state index in [1.807, 2.05) is 37.3 Å². The number of aromatic nitrogens is 4. The quantitative estimate of drug-likeness (QED) is 0.543. The van der Waals surface area contributed by atoms with Crippen LogP contribution in [0.3, 0.4) is 0 Å². The third kappa shape index (κ3) is 3.88. The molecule has 0 saturated carbocycles. The van der Waals surface area contributed by atoms with Gasteiger partial charge in [0, 0.05) is 11.6 Å². The number of rotatable bonds is 5. The van der Waals surface area contributed by atoms with Crippen molar-refractivity contribution in [1.29, 1.82) is 0 Å². The third-order valence-electron chi connectivity index (χ3n) is 4.11. The van der Waals surface area contributed by atoms with Crippen molar-refractivity contribution in [3.05, 3.63) is 83.7 Å². The first kappa shape index (κ1) is 18.1. The molecule has 0 spiro atoms. The molecule has 2 aromatic heterocycles. The van der Waals surface area contributed by atoms with Crippen molar-refractivity contribution in [1.82, 2.24) is 19.9 Å². The fourth-order valence-electron chi connectivity index (χ4n) is 2.69. The van der Waals surface area contributed by atoms with Crippen LogP contribution in [-0.4, -0.2) is 31.7 Å². The van der Waals surface area contributed by atoms with Gasteiger partial charge in [0.15, 0.2) is 0 Å². The van der Waals surface area contributed by atoms with Gasteiger partial charge in [-0.25, -0.2) is 0 Å². The maximum atomic E-state index is 12.6. The number of carbonyl (C=O) groups is 2. The monoisotopic (exact) mass is 388 g/mol. The van der Waals surface area contributed by atoms with Gasteiger partial charge in [0.1, 0.15) is 0 Å². The lowest BCUT2D eigenvalue weighted by atomic mass is 10.1. The summed E-state index contributed by atoms with van der Waals surface area (Å²) < 4.78 is 6.28. The molecule has 2 aromatic carbocycles. The van der Waals surface area contributed by atoms with Crippen LogP contribution >= 0.6 is 0 Å². The number of anilines is 2. The van der Waals surface area contributed by atoms with Crippen LogP contribution in [0, 0.1) is 6.92 Å². The standard InChI is InChI=1S/C20H16N6O3/c1-13-7-5-6-10-15(13)17(27)22-19-24-20(23-18(28)16-11-12-21-29-16)26(25-19)14-8-3-2-4-9-14/h2-12H,1H3,(H2,22,23,24,25,27,28). The molecule has 9 nitrogen and oxygen atoms in total. The minimum Gasteiger partial charge on any atom is -0.351 e. The zero-order chi connectivity index (χ0) is 20.2. The van der Waals surface area contributed by atoms with Gasteiger partial charge >= 0.3 is 0 Å². The second kappa shape index (κ2) is 7.77. The minimum atomic E-state index is -0.538. The van der Waals surface area contributed by atoms with Crippen LogP contribution in [-0.2, 0) is 0 Å². The Labute approximate surface area is 165 Å². The van der Waals surface area contributed by atoms with Crippen molar-refractivity contribution >= 4 is 23.7 Å². The van der Waals surface area contributed by atoms with Gasteiger partial charge in [-0.05, 0) is 30.7 Å². The zero-order valence-corrected chi connectivity index (χ0v) is 15.4.